The van der Waals surface area contributed by atoms with Crippen LogP contribution in [0.5, 0.6) is 0 Å². The van der Waals surface area contributed by atoms with E-state index in [0.717, 1.165) is 12.0 Å². The number of rotatable bonds is 1. The van der Waals surface area contributed by atoms with E-state index in [1.807, 2.05) is 32.1 Å². The van der Waals surface area contributed by atoms with Crippen molar-refractivity contribution in [2.45, 2.75) is 34.1 Å². The Balaban J connectivity index is 0.000000917. The monoisotopic (exact) mass is 230 g/mol. The highest BCUT2D eigenvalue weighted by Gasteiger charge is 2.08. The van der Waals surface area contributed by atoms with Crippen LogP contribution in [-0.4, -0.2) is 5.78 Å². The van der Waals surface area contributed by atoms with Crippen molar-refractivity contribution in [3.8, 4) is 0 Å². The van der Waals surface area contributed by atoms with Crippen molar-refractivity contribution in [2.75, 3.05) is 0 Å². The molecule has 0 radical (unpaired) electrons. The van der Waals surface area contributed by atoms with E-state index >= 15 is 0 Å². The van der Waals surface area contributed by atoms with Gasteiger partial charge in [-0.1, -0.05) is 49.8 Å². The summed E-state index contributed by atoms with van der Waals surface area (Å²) in [4.78, 5) is 11.3. The molecule has 0 aliphatic heterocycles. The smallest absolute Gasteiger partial charge is 0.159 e. The molecule has 0 atom stereocenters. The van der Waals surface area contributed by atoms with E-state index in [0.29, 0.717) is 0 Å². The molecule has 1 heteroatoms. The van der Waals surface area contributed by atoms with Gasteiger partial charge in [0.15, 0.2) is 5.78 Å². The second-order valence-corrected chi connectivity index (χ2v) is 4.04. The molecule has 0 heterocycles. The van der Waals surface area contributed by atoms with Crippen LogP contribution in [0.1, 0.15) is 35.5 Å². The Labute approximate surface area is 105 Å². The van der Waals surface area contributed by atoms with Crippen molar-refractivity contribution in [3.63, 3.8) is 0 Å². The van der Waals surface area contributed by atoms with Crippen LogP contribution >= 0.6 is 0 Å². The van der Waals surface area contributed by atoms with E-state index in [9.17, 15) is 4.79 Å². The van der Waals surface area contributed by atoms with Gasteiger partial charge in [0.2, 0.25) is 0 Å². The maximum atomic E-state index is 11.3. The fourth-order valence-corrected chi connectivity index (χ4v) is 1.79. The Morgan fingerprint density at radius 2 is 1.82 bits per heavy atom. The predicted octanol–water partition coefficient (Wildman–Crippen LogP) is 4.55. The van der Waals surface area contributed by atoms with Gasteiger partial charge < -0.3 is 0 Å². The van der Waals surface area contributed by atoms with E-state index in [1.54, 1.807) is 6.92 Å². The molecule has 17 heavy (non-hydrogen) atoms. The average molecular weight is 230 g/mol. The first-order valence-electron chi connectivity index (χ1n) is 6.14. The molecule has 0 aromatic rings. The summed E-state index contributed by atoms with van der Waals surface area (Å²) in [6, 6.07) is 0. The number of allylic oxidation sites excluding steroid dienone is 10. The molecule has 0 aromatic heterocycles. The molecule has 0 aromatic carbocycles. The Kier molecular flexibility index (Phi) is 4.89. The Bertz CT molecular complexity index is 457. The molecule has 0 fully saturated rings. The van der Waals surface area contributed by atoms with Gasteiger partial charge in [0.1, 0.15) is 0 Å². The number of hydrogen-bond acceptors (Lipinski definition) is 1. The van der Waals surface area contributed by atoms with E-state index in [-0.39, 0.29) is 7.21 Å². The molecule has 2 aliphatic rings. The highest BCUT2D eigenvalue weighted by atomic mass is 16.1. The van der Waals surface area contributed by atoms with E-state index < -0.39 is 0 Å². The quantitative estimate of drug-likeness (QED) is 0.646. The van der Waals surface area contributed by atoms with Crippen LogP contribution in [0.25, 0.3) is 0 Å². The number of ketones is 1. The minimum absolute atomic E-state index is 0. The third-order valence-electron chi connectivity index (χ3n) is 2.61. The largest absolute Gasteiger partial charge is 0.295 e. The summed E-state index contributed by atoms with van der Waals surface area (Å²) in [6.07, 6.45) is 13.2. The summed E-state index contributed by atoms with van der Waals surface area (Å²) in [6.45, 7) is 7.69. The topological polar surface area (TPSA) is 17.1 Å². The standard InChI is InChI=1S/C14H14O.C2H6.H2/c1-10-3-4-13-8-12(7-10)5-6-14(9-13)11(2)15;1-2;/h3-7,9H,8H2,1-2H3;1-2H3;1H. The molecule has 0 unspecified atom stereocenters. The van der Waals surface area contributed by atoms with Gasteiger partial charge in [-0.25, -0.2) is 0 Å². The molecule has 0 N–H and O–H groups in total. The maximum Gasteiger partial charge on any atom is 0.159 e. The molecule has 2 aliphatic carbocycles. The van der Waals surface area contributed by atoms with Crippen LogP contribution in [0.3, 0.4) is 0 Å². The van der Waals surface area contributed by atoms with Crippen molar-refractivity contribution in [2.24, 2.45) is 0 Å². The lowest BCUT2D eigenvalue weighted by molar-refractivity contribution is -0.113. The predicted molar refractivity (Wildman–Crippen MR) is 75.9 cm³/mol. The summed E-state index contributed by atoms with van der Waals surface area (Å²) >= 11 is 0. The van der Waals surface area contributed by atoms with Crippen LogP contribution in [-0.2, 0) is 4.79 Å². The van der Waals surface area contributed by atoms with Gasteiger partial charge in [-0.2, -0.15) is 0 Å². The summed E-state index contributed by atoms with van der Waals surface area (Å²) < 4.78 is 0. The first-order valence-corrected chi connectivity index (χ1v) is 6.14. The van der Waals surface area contributed by atoms with Gasteiger partial charge in [0.05, 0.1) is 0 Å². The zero-order valence-electron chi connectivity index (χ0n) is 11.1. The molecular formula is C16H22O. The molecule has 92 valence electrons. The van der Waals surface area contributed by atoms with Crippen LogP contribution in [0, 0.1) is 0 Å². The second-order valence-electron chi connectivity index (χ2n) is 4.04. The number of carbonyl (C=O) groups is 1. The Hall–Kier alpha value is -1.63. The lowest BCUT2D eigenvalue weighted by Crippen LogP contribution is -1.92. The number of hydrogen-bond donors (Lipinski definition) is 0. The molecule has 0 amide bonds. The first kappa shape index (κ1) is 13.4. The van der Waals surface area contributed by atoms with Gasteiger partial charge in [0, 0.05) is 7.00 Å². The zero-order chi connectivity index (χ0) is 12.8. The fraction of sp³-hybridized carbons (Fsp3) is 0.312. The van der Waals surface area contributed by atoms with Gasteiger partial charge >= 0.3 is 0 Å². The van der Waals surface area contributed by atoms with E-state index in [2.05, 4.69) is 25.2 Å². The van der Waals surface area contributed by atoms with Crippen molar-refractivity contribution in [1.29, 1.82) is 0 Å². The SMILES string of the molecule is CC.CC(=O)C1=CC=C2C=C(C)C=CC(=C1)C2.[HH]. The van der Waals surface area contributed by atoms with Crippen molar-refractivity contribution < 1.29 is 6.22 Å². The summed E-state index contributed by atoms with van der Waals surface area (Å²) in [7, 11) is 0. The van der Waals surface area contributed by atoms with Crippen molar-refractivity contribution in [1.82, 2.24) is 0 Å². The summed E-state index contributed by atoms with van der Waals surface area (Å²) in [5, 5.41) is 0. The third-order valence-corrected chi connectivity index (χ3v) is 2.61. The van der Waals surface area contributed by atoms with Gasteiger partial charge in [0.25, 0.3) is 0 Å². The second kappa shape index (κ2) is 6.19. The molecule has 0 saturated heterocycles. The zero-order valence-corrected chi connectivity index (χ0v) is 11.1. The van der Waals surface area contributed by atoms with Gasteiger partial charge in [-0.05, 0) is 37.5 Å². The Morgan fingerprint density at radius 1 is 1.12 bits per heavy atom. The first-order chi connectivity index (χ1) is 8.15. The maximum absolute atomic E-state index is 11.3. The number of fused-ring (bicyclic) bond motifs is 2. The summed E-state index contributed by atoms with van der Waals surface area (Å²) in [5.74, 6) is 0.125. The normalized spacial score (nSPS) is 17.4. The molecule has 0 saturated carbocycles. The lowest BCUT2D eigenvalue weighted by Gasteiger charge is -1.98. The average Bonchev–Trinajstić information content (AvgIpc) is 2.62. The lowest BCUT2D eigenvalue weighted by atomic mass is 10.1. The Morgan fingerprint density at radius 3 is 2.47 bits per heavy atom. The van der Waals surface area contributed by atoms with Crippen LogP contribution in [0.15, 0.2) is 58.7 Å². The number of Topliss-reactive ketones (excluding diaryl/α,β-unsaturated/α-hetero) is 1. The summed E-state index contributed by atoms with van der Waals surface area (Å²) in [5.41, 5.74) is 4.51. The molecule has 1 nitrogen and oxygen atoms in total. The molecular weight excluding hydrogens is 208 g/mol. The molecule has 2 rings (SSSR count). The van der Waals surface area contributed by atoms with Crippen molar-refractivity contribution in [3.05, 3.63) is 58.7 Å². The van der Waals surface area contributed by atoms with Crippen molar-refractivity contribution >= 4 is 5.78 Å². The highest BCUT2D eigenvalue weighted by molar-refractivity contribution is 5.96. The third kappa shape index (κ3) is 3.70. The van der Waals surface area contributed by atoms with Gasteiger partial charge in [-0.3, -0.25) is 4.79 Å². The van der Waals surface area contributed by atoms with Crippen LogP contribution in [0.2, 0.25) is 0 Å². The van der Waals surface area contributed by atoms with Crippen LogP contribution < -0.4 is 0 Å². The van der Waals surface area contributed by atoms with E-state index in [1.165, 1.54) is 16.7 Å². The van der Waals surface area contributed by atoms with Gasteiger partial charge in [-0.15, -0.1) is 0 Å². The number of carbonyl (C=O) groups excluding carboxylic acids is 1. The molecule has 2 bridgehead atoms. The minimum atomic E-state index is 0. The molecule has 0 spiro atoms. The fourth-order valence-electron chi connectivity index (χ4n) is 1.79. The van der Waals surface area contributed by atoms with Crippen LogP contribution in [0.4, 0.5) is 0 Å². The minimum Gasteiger partial charge on any atom is -0.295 e. The van der Waals surface area contributed by atoms with E-state index in [4.69, 9.17) is 0 Å². The highest BCUT2D eigenvalue weighted by Crippen LogP contribution is 2.24.